The maximum Gasteiger partial charge on any atom is 0.244 e. The van der Waals surface area contributed by atoms with Gasteiger partial charge in [-0.05, 0) is 39.0 Å². The van der Waals surface area contributed by atoms with Crippen molar-refractivity contribution >= 4 is 27.0 Å². The summed E-state index contributed by atoms with van der Waals surface area (Å²) in [6.45, 7) is 5.36. The molecule has 0 bridgehead atoms. The van der Waals surface area contributed by atoms with Crippen molar-refractivity contribution in [1.82, 2.24) is 9.71 Å². The number of aromatic nitrogens is 1. The molecule has 21 heavy (non-hydrogen) atoms. The summed E-state index contributed by atoms with van der Waals surface area (Å²) in [7, 11) is -3.96. The highest BCUT2D eigenvalue weighted by Crippen LogP contribution is 2.26. The Bertz CT molecular complexity index is 772. The van der Waals surface area contributed by atoms with E-state index in [-0.39, 0.29) is 5.69 Å². The minimum Gasteiger partial charge on any atom is -0.399 e. The number of nitrogens with one attached hydrogen (secondary N) is 1. The third-order valence-corrected chi connectivity index (χ3v) is 5.74. The van der Waals surface area contributed by atoms with Crippen molar-refractivity contribution in [3.05, 3.63) is 39.6 Å². The predicted molar refractivity (Wildman–Crippen MR) is 81.1 cm³/mol. The molecule has 3 N–H and O–H groups in total. The van der Waals surface area contributed by atoms with Crippen molar-refractivity contribution in [3.8, 4) is 0 Å². The molecule has 0 fully saturated rings. The van der Waals surface area contributed by atoms with E-state index in [1.807, 2.05) is 13.8 Å². The van der Waals surface area contributed by atoms with Gasteiger partial charge < -0.3 is 5.73 Å². The molecule has 0 amide bonds. The first-order valence-electron chi connectivity index (χ1n) is 6.22. The van der Waals surface area contributed by atoms with E-state index >= 15 is 0 Å². The van der Waals surface area contributed by atoms with Gasteiger partial charge in [0.15, 0.2) is 0 Å². The molecule has 0 aliphatic rings. The minimum absolute atomic E-state index is 0.174. The molecule has 0 saturated carbocycles. The van der Waals surface area contributed by atoms with Crippen LogP contribution < -0.4 is 10.5 Å². The molecule has 1 atom stereocenters. The van der Waals surface area contributed by atoms with E-state index in [0.29, 0.717) is 0 Å². The second kappa shape index (κ2) is 5.70. The highest BCUT2D eigenvalue weighted by Gasteiger charge is 2.24. The summed E-state index contributed by atoms with van der Waals surface area (Å²) in [5.41, 5.74) is 6.37. The molecule has 0 saturated heterocycles. The maximum absolute atomic E-state index is 13.8. The summed E-state index contributed by atoms with van der Waals surface area (Å²) in [6, 6.07) is 3.01. The van der Waals surface area contributed by atoms with Crippen molar-refractivity contribution in [3.63, 3.8) is 0 Å². The van der Waals surface area contributed by atoms with E-state index < -0.39 is 26.8 Å². The molecule has 5 nitrogen and oxygen atoms in total. The van der Waals surface area contributed by atoms with Crippen LogP contribution in [0.4, 0.5) is 10.1 Å². The Labute approximate surface area is 127 Å². The average molecular weight is 329 g/mol. The molecule has 1 aromatic carbocycles. The molecule has 2 rings (SSSR count). The maximum atomic E-state index is 13.8. The fourth-order valence-electron chi connectivity index (χ4n) is 2.03. The van der Waals surface area contributed by atoms with Gasteiger partial charge >= 0.3 is 0 Å². The van der Waals surface area contributed by atoms with Gasteiger partial charge in [-0.15, -0.1) is 11.3 Å². The van der Waals surface area contributed by atoms with Crippen LogP contribution in [0.5, 0.6) is 0 Å². The van der Waals surface area contributed by atoms with Crippen LogP contribution in [-0.4, -0.2) is 13.4 Å². The number of thiazole rings is 1. The van der Waals surface area contributed by atoms with Crippen LogP contribution >= 0.6 is 11.3 Å². The molecular formula is C13H16FN3O2S2. The number of anilines is 1. The van der Waals surface area contributed by atoms with E-state index in [1.165, 1.54) is 17.4 Å². The summed E-state index contributed by atoms with van der Waals surface area (Å²) in [5, 5.41) is 0.854. The zero-order valence-electron chi connectivity index (χ0n) is 11.8. The molecule has 0 aliphatic carbocycles. The monoisotopic (exact) mass is 329 g/mol. The summed E-state index contributed by atoms with van der Waals surface area (Å²) in [6.07, 6.45) is 0. The van der Waals surface area contributed by atoms with Gasteiger partial charge in [0.05, 0.1) is 16.7 Å². The van der Waals surface area contributed by atoms with Gasteiger partial charge in [0.1, 0.15) is 10.7 Å². The lowest BCUT2D eigenvalue weighted by molar-refractivity contribution is 0.548. The number of nitrogen functional groups attached to an aromatic ring is 1. The molecular weight excluding hydrogens is 313 g/mol. The number of nitrogens with two attached hydrogens (primary N) is 1. The van der Waals surface area contributed by atoms with Crippen LogP contribution in [0.3, 0.4) is 0 Å². The van der Waals surface area contributed by atoms with Gasteiger partial charge in [-0.25, -0.2) is 22.5 Å². The van der Waals surface area contributed by atoms with E-state index in [2.05, 4.69) is 9.71 Å². The van der Waals surface area contributed by atoms with E-state index in [4.69, 9.17) is 5.73 Å². The van der Waals surface area contributed by atoms with Gasteiger partial charge in [0.25, 0.3) is 0 Å². The highest BCUT2D eigenvalue weighted by atomic mass is 32.2. The standard InChI is InChI=1S/C13H16FN3O2S2/c1-7-13(20-9(3)16-7)8(2)17-21(18,19)12-5-4-10(15)6-11(12)14/h4-6,8,17H,15H2,1-3H3. The molecule has 2 aromatic rings. The first-order chi connectivity index (χ1) is 9.70. The highest BCUT2D eigenvalue weighted by molar-refractivity contribution is 7.89. The molecule has 0 spiro atoms. The Morgan fingerprint density at radius 2 is 2.05 bits per heavy atom. The molecule has 0 aliphatic heterocycles. The Kier molecular flexibility index (Phi) is 4.31. The molecule has 1 heterocycles. The Morgan fingerprint density at radius 1 is 1.38 bits per heavy atom. The van der Waals surface area contributed by atoms with Crippen LogP contribution in [0.15, 0.2) is 23.1 Å². The van der Waals surface area contributed by atoms with Gasteiger partial charge in [-0.3, -0.25) is 0 Å². The van der Waals surface area contributed by atoms with Gasteiger partial charge in [0, 0.05) is 10.6 Å². The van der Waals surface area contributed by atoms with E-state index in [0.717, 1.165) is 27.7 Å². The topological polar surface area (TPSA) is 85.1 Å². The number of sulfonamides is 1. The summed E-state index contributed by atoms with van der Waals surface area (Å²) in [5.74, 6) is -0.869. The minimum atomic E-state index is -3.96. The van der Waals surface area contributed by atoms with Crippen molar-refractivity contribution < 1.29 is 12.8 Å². The van der Waals surface area contributed by atoms with E-state index in [9.17, 15) is 12.8 Å². The van der Waals surface area contributed by atoms with Crippen LogP contribution in [0.1, 0.15) is 28.5 Å². The summed E-state index contributed by atoms with van der Waals surface area (Å²) in [4.78, 5) is 4.65. The second-order valence-electron chi connectivity index (χ2n) is 4.72. The fraction of sp³-hybridized carbons (Fsp3) is 0.308. The first-order valence-corrected chi connectivity index (χ1v) is 8.52. The van der Waals surface area contributed by atoms with Crippen LogP contribution in [0, 0.1) is 19.7 Å². The third kappa shape index (κ3) is 3.39. The SMILES string of the molecule is Cc1nc(C)c(C(C)NS(=O)(=O)c2ccc(N)cc2F)s1. The number of nitrogens with zero attached hydrogens (tertiary/aromatic N) is 1. The summed E-state index contributed by atoms with van der Waals surface area (Å²) < 4.78 is 40.8. The molecule has 8 heteroatoms. The number of hydrogen-bond donors (Lipinski definition) is 2. The Hall–Kier alpha value is -1.51. The molecule has 1 aromatic heterocycles. The molecule has 0 radical (unpaired) electrons. The smallest absolute Gasteiger partial charge is 0.244 e. The van der Waals surface area contributed by atoms with Crippen molar-refractivity contribution in [2.75, 3.05) is 5.73 Å². The lowest BCUT2D eigenvalue weighted by Gasteiger charge is -2.14. The Morgan fingerprint density at radius 3 is 2.57 bits per heavy atom. The quantitative estimate of drug-likeness (QED) is 0.844. The predicted octanol–water partition coefficient (Wildman–Crippen LogP) is 2.52. The van der Waals surface area contributed by atoms with Crippen LogP contribution in [-0.2, 0) is 10.0 Å². The Balaban J connectivity index is 2.31. The second-order valence-corrected chi connectivity index (χ2v) is 7.63. The average Bonchev–Trinajstić information content (AvgIpc) is 2.67. The van der Waals surface area contributed by atoms with Crippen molar-refractivity contribution in [2.24, 2.45) is 0 Å². The van der Waals surface area contributed by atoms with E-state index in [1.54, 1.807) is 6.92 Å². The summed E-state index contributed by atoms with van der Waals surface area (Å²) >= 11 is 1.41. The largest absolute Gasteiger partial charge is 0.399 e. The number of rotatable bonds is 4. The zero-order chi connectivity index (χ0) is 15.8. The first kappa shape index (κ1) is 15.9. The third-order valence-electron chi connectivity index (χ3n) is 2.91. The van der Waals surface area contributed by atoms with Gasteiger partial charge in [0.2, 0.25) is 10.0 Å². The number of hydrogen-bond acceptors (Lipinski definition) is 5. The molecule has 1 unspecified atom stereocenters. The fourth-order valence-corrected chi connectivity index (χ4v) is 4.31. The lowest BCUT2D eigenvalue weighted by Crippen LogP contribution is -2.27. The number of benzene rings is 1. The van der Waals surface area contributed by atoms with Gasteiger partial charge in [-0.2, -0.15) is 0 Å². The van der Waals surface area contributed by atoms with Crippen molar-refractivity contribution in [1.29, 1.82) is 0 Å². The number of aryl methyl sites for hydroxylation is 2. The van der Waals surface area contributed by atoms with Crippen LogP contribution in [0.25, 0.3) is 0 Å². The van der Waals surface area contributed by atoms with Crippen LogP contribution in [0.2, 0.25) is 0 Å². The number of halogens is 1. The lowest BCUT2D eigenvalue weighted by atomic mass is 10.2. The normalized spacial score (nSPS) is 13.3. The molecule has 114 valence electrons. The zero-order valence-corrected chi connectivity index (χ0v) is 13.5. The van der Waals surface area contributed by atoms with Crippen molar-refractivity contribution in [2.45, 2.75) is 31.7 Å². The van der Waals surface area contributed by atoms with Gasteiger partial charge in [-0.1, -0.05) is 0 Å².